The maximum absolute atomic E-state index is 12.8. The Labute approximate surface area is 154 Å². The topological polar surface area (TPSA) is 54.0 Å². The predicted octanol–water partition coefficient (Wildman–Crippen LogP) is 4.03. The minimum Gasteiger partial charge on any atom is -0.493 e. The van der Waals surface area contributed by atoms with Crippen LogP contribution in [0.3, 0.4) is 0 Å². The summed E-state index contributed by atoms with van der Waals surface area (Å²) in [6, 6.07) is 7.26. The molecule has 0 amide bonds. The predicted molar refractivity (Wildman–Crippen MR) is 98.1 cm³/mol. The van der Waals surface area contributed by atoms with Gasteiger partial charge in [0.05, 0.1) is 25.7 Å². The number of carbonyl (C=O) groups excluding carboxylic acids is 1. The second-order valence-electron chi connectivity index (χ2n) is 6.93. The van der Waals surface area contributed by atoms with Crippen molar-refractivity contribution < 1.29 is 23.7 Å². The van der Waals surface area contributed by atoms with E-state index in [4.69, 9.17) is 18.9 Å². The highest BCUT2D eigenvalue weighted by molar-refractivity contribution is 5.96. The zero-order chi connectivity index (χ0) is 18.5. The van der Waals surface area contributed by atoms with E-state index >= 15 is 0 Å². The molecule has 1 saturated carbocycles. The fraction of sp³-hybridized carbons (Fsp3) is 0.476. The lowest BCUT2D eigenvalue weighted by Crippen LogP contribution is -2.42. The van der Waals surface area contributed by atoms with Gasteiger partial charge in [0.15, 0.2) is 11.5 Å². The Balaban J connectivity index is 1.63. The van der Waals surface area contributed by atoms with E-state index in [9.17, 15) is 4.79 Å². The van der Waals surface area contributed by atoms with Gasteiger partial charge in [-0.3, -0.25) is 4.79 Å². The molecule has 3 unspecified atom stereocenters. The van der Waals surface area contributed by atoms with Gasteiger partial charge in [0.25, 0.3) is 0 Å². The summed E-state index contributed by atoms with van der Waals surface area (Å²) >= 11 is 0. The van der Waals surface area contributed by atoms with Crippen LogP contribution in [-0.2, 0) is 14.3 Å². The molecular weight excluding hydrogens is 332 g/mol. The van der Waals surface area contributed by atoms with E-state index in [1.807, 2.05) is 12.1 Å². The third kappa shape index (κ3) is 4.28. The van der Waals surface area contributed by atoms with Crippen molar-refractivity contribution in [2.45, 2.75) is 45.3 Å². The van der Waals surface area contributed by atoms with Crippen LogP contribution >= 0.6 is 0 Å². The molecule has 2 aliphatic rings. The maximum atomic E-state index is 12.8. The zero-order valence-corrected chi connectivity index (χ0v) is 15.6. The molecule has 0 N–H and O–H groups in total. The Kier molecular flexibility index (Phi) is 5.99. The zero-order valence-electron chi connectivity index (χ0n) is 15.6. The van der Waals surface area contributed by atoms with E-state index in [2.05, 4.69) is 19.9 Å². The molecule has 1 aliphatic carbocycles. The normalized spacial score (nSPS) is 24.8. The molecule has 1 fully saturated rings. The highest BCUT2D eigenvalue weighted by atomic mass is 16.5. The van der Waals surface area contributed by atoms with Crippen LogP contribution in [0.15, 0.2) is 47.9 Å². The lowest BCUT2D eigenvalue weighted by atomic mass is 9.80. The summed E-state index contributed by atoms with van der Waals surface area (Å²) in [5.74, 6) is 1.15. The second kappa shape index (κ2) is 8.41. The fourth-order valence-corrected chi connectivity index (χ4v) is 3.33. The number of Topliss-reactive ketones (excluding diaryl/α,β-unsaturated/α-hetero) is 1. The number of allylic oxidation sites excluding steroid dienone is 2. The highest BCUT2D eigenvalue weighted by Gasteiger charge is 2.41. The average molecular weight is 358 g/mol. The molecule has 0 spiro atoms. The molecule has 1 aliphatic heterocycles. The van der Waals surface area contributed by atoms with Crippen molar-refractivity contribution in [3.8, 4) is 11.5 Å². The summed E-state index contributed by atoms with van der Waals surface area (Å²) < 4.78 is 22.8. The molecule has 0 saturated heterocycles. The quantitative estimate of drug-likeness (QED) is 0.719. The molecular formula is C21H26O5. The van der Waals surface area contributed by atoms with E-state index in [-0.39, 0.29) is 29.7 Å². The number of carbonyl (C=O) groups is 1. The standard InChI is InChI=1S/C21H26O5/c1-14(2)10-11-24-15-8-9-16-19(12-15)25-13-20(21(16)22)26-18-7-5-4-6-17(18)23-3/h4-7,10,13,15-16,19H,8-9,11-12H2,1-3H3. The number of methoxy groups -OCH3 is 1. The second-order valence-corrected chi connectivity index (χ2v) is 6.93. The minimum atomic E-state index is -0.173. The molecule has 0 bridgehead atoms. The molecule has 5 nitrogen and oxygen atoms in total. The number of hydrogen-bond acceptors (Lipinski definition) is 5. The first-order chi connectivity index (χ1) is 12.6. The number of benzene rings is 1. The van der Waals surface area contributed by atoms with Crippen LogP contribution in [0.4, 0.5) is 0 Å². The van der Waals surface area contributed by atoms with Gasteiger partial charge in [-0.1, -0.05) is 23.8 Å². The number of rotatable bonds is 6. The van der Waals surface area contributed by atoms with E-state index < -0.39 is 0 Å². The Bertz CT molecular complexity index is 702. The number of ketones is 1. The first kappa shape index (κ1) is 18.5. The Morgan fingerprint density at radius 1 is 1.23 bits per heavy atom. The smallest absolute Gasteiger partial charge is 0.208 e. The summed E-state index contributed by atoms with van der Waals surface area (Å²) in [6.45, 7) is 4.71. The Hall–Kier alpha value is -2.27. The first-order valence-corrected chi connectivity index (χ1v) is 9.04. The fourth-order valence-electron chi connectivity index (χ4n) is 3.33. The van der Waals surface area contributed by atoms with Gasteiger partial charge in [-0.05, 0) is 38.8 Å². The van der Waals surface area contributed by atoms with Gasteiger partial charge < -0.3 is 18.9 Å². The summed E-state index contributed by atoms with van der Waals surface area (Å²) in [4.78, 5) is 12.8. The number of para-hydroxylation sites is 2. The first-order valence-electron chi connectivity index (χ1n) is 9.04. The summed E-state index contributed by atoms with van der Waals surface area (Å²) in [5, 5.41) is 0. The van der Waals surface area contributed by atoms with Gasteiger partial charge in [0, 0.05) is 6.42 Å². The van der Waals surface area contributed by atoms with Crippen LogP contribution in [0, 0.1) is 5.92 Å². The summed E-state index contributed by atoms with van der Waals surface area (Å²) in [5.41, 5.74) is 1.24. The van der Waals surface area contributed by atoms with Gasteiger partial charge in [-0.2, -0.15) is 0 Å². The largest absolute Gasteiger partial charge is 0.493 e. The number of ether oxygens (including phenoxy) is 4. The number of hydrogen-bond donors (Lipinski definition) is 0. The van der Waals surface area contributed by atoms with Gasteiger partial charge in [-0.15, -0.1) is 0 Å². The third-order valence-corrected chi connectivity index (χ3v) is 4.79. The molecule has 3 rings (SSSR count). The van der Waals surface area contributed by atoms with Crippen LogP contribution in [0.2, 0.25) is 0 Å². The van der Waals surface area contributed by atoms with Gasteiger partial charge in [0.2, 0.25) is 11.5 Å². The van der Waals surface area contributed by atoms with Crippen LogP contribution in [0.1, 0.15) is 33.1 Å². The molecule has 1 heterocycles. The molecule has 5 heteroatoms. The molecule has 1 aromatic carbocycles. The number of fused-ring (bicyclic) bond motifs is 1. The lowest BCUT2D eigenvalue weighted by molar-refractivity contribution is -0.133. The Morgan fingerprint density at radius 3 is 2.73 bits per heavy atom. The average Bonchev–Trinajstić information content (AvgIpc) is 2.64. The Morgan fingerprint density at radius 2 is 2.00 bits per heavy atom. The van der Waals surface area contributed by atoms with Crippen molar-refractivity contribution in [3.63, 3.8) is 0 Å². The van der Waals surface area contributed by atoms with E-state index in [1.165, 1.54) is 11.8 Å². The highest BCUT2D eigenvalue weighted by Crippen LogP contribution is 2.36. The lowest BCUT2D eigenvalue weighted by Gasteiger charge is -2.37. The van der Waals surface area contributed by atoms with E-state index in [1.54, 1.807) is 19.2 Å². The molecule has 26 heavy (non-hydrogen) atoms. The van der Waals surface area contributed by atoms with Gasteiger partial charge in [0.1, 0.15) is 12.4 Å². The minimum absolute atomic E-state index is 0.00472. The van der Waals surface area contributed by atoms with Crippen molar-refractivity contribution >= 4 is 5.78 Å². The van der Waals surface area contributed by atoms with Crippen LogP contribution in [0.25, 0.3) is 0 Å². The van der Waals surface area contributed by atoms with Gasteiger partial charge in [-0.25, -0.2) is 0 Å². The summed E-state index contributed by atoms with van der Waals surface area (Å²) in [6.07, 6.45) is 5.82. The van der Waals surface area contributed by atoms with Gasteiger partial charge >= 0.3 is 0 Å². The van der Waals surface area contributed by atoms with E-state index in [0.29, 0.717) is 18.1 Å². The SMILES string of the molecule is COc1ccccc1OC1=COC2CC(OCC=C(C)C)CCC2C1=O. The van der Waals surface area contributed by atoms with E-state index in [0.717, 1.165) is 19.3 Å². The van der Waals surface area contributed by atoms with Crippen molar-refractivity contribution in [1.82, 2.24) is 0 Å². The monoisotopic (exact) mass is 358 g/mol. The molecule has 1 aromatic rings. The van der Waals surface area contributed by atoms with Crippen molar-refractivity contribution in [2.24, 2.45) is 5.92 Å². The summed E-state index contributed by atoms with van der Waals surface area (Å²) in [7, 11) is 1.57. The molecule has 140 valence electrons. The van der Waals surface area contributed by atoms with Crippen LogP contribution in [-0.4, -0.2) is 31.7 Å². The third-order valence-electron chi connectivity index (χ3n) is 4.79. The van der Waals surface area contributed by atoms with Crippen LogP contribution in [0.5, 0.6) is 11.5 Å². The molecule has 3 atom stereocenters. The van der Waals surface area contributed by atoms with Crippen molar-refractivity contribution in [2.75, 3.05) is 13.7 Å². The van der Waals surface area contributed by atoms with Crippen molar-refractivity contribution in [1.29, 1.82) is 0 Å². The molecule has 0 radical (unpaired) electrons. The maximum Gasteiger partial charge on any atom is 0.208 e. The molecule has 0 aromatic heterocycles. The van der Waals surface area contributed by atoms with Crippen molar-refractivity contribution in [3.05, 3.63) is 47.9 Å². The van der Waals surface area contributed by atoms with Crippen LogP contribution < -0.4 is 9.47 Å².